The van der Waals surface area contributed by atoms with Crippen LogP contribution in [-0.2, 0) is 11.2 Å². The minimum Gasteiger partial charge on any atom is -0.295 e. The maximum absolute atomic E-state index is 11.0. The molecule has 1 aliphatic rings. The molecule has 0 fully saturated rings. The van der Waals surface area contributed by atoms with E-state index in [-0.39, 0.29) is 5.78 Å². The van der Waals surface area contributed by atoms with Gasteiger partial charge in [0.05, 0.1) is 0 Å². The van der Waals surface area contributed by atoms with Crippen molar-refractivity contribution in [2.24, 2.45) is 5.92 Å². The molecule has 1 nitrogen and oxygen atoms in total. The number of allylic oxidation sites excluding steroid dienone is 2. The molecule has 1 aliphatic carbocycles. The van der Waals surface area contributed by atoms with Gasteiger partial charge in [-0.2, -0.15) is 0 Å². The van der Waals surface area contributed by atoms with Gasteiger partial charge in [0, 0.05) is 6.42 Å². The van der Waals surface area contributed by atoms with Crippen LogP contribution in [0.2, 0.25) is 0 Å². The zero-order chi connectivity index (χ0) is 9.80. The summed E-state index contributed by atoms with van der Waals surface area (Å²) < 4.78 is 0. The summed E-state index contributed by atoms with van der Waals surface area (Å²) in [5.41, 5.74) is 1.36. The van der Waals surface area contributed by atoms with E-state index in [0.717, 1.165) is 12.8 Å². The lowest BCUT2D eigenvalue weighted by atomic mass is 9.90. The predicted molar refractivity (Wildman–Crippen MR) is 57.0 cm³/mol. The number of hydrogen-bond donors (Lipinski definition) is 0. The van der Waals surface area contributed by atoms with Gasteiger partial charge >= 0.3 is 0 Å². The van der Waals surface area contributed by atoms with Gasteiger partial charge in [0.2, 0.25) is 0 Å². The number of carbonyl (C=O) groups is 1. The molecular formula is C13H14O. The molecular weight excluding hydrogens is 172 g/mol. The van der Waals surface area contributed by atoms with Crippen molar-refractivity contribution in [2.45, 2.75) is 19.3 Å². The van der Waals surface area contributed by atoms with E-state index in [1.165, 1.54) is 5.56 Å². The topological polar surface area (TPSA) is 17.1 Å². The molecule has 0 saturated heterocycles. The first-order valence-electron chi connectivity index (χ1n) is 5.09. The summed E-state index contributed by atoms with van der Waals surface area (Å²) in [5, 5.41) is 0. The molecule has 0 aromatic heterocycles. The Labute approximate surface area is 84.5 Å². The van der Waals surface area contributed by atoms with Crippen LogP contribution in [0, 0.1) is 5.92 Å². The highest BCUT2D eigenvalue weighted by Crippen LogP contribution is 2.19. The van der Waals surface area contributed by atoms with Crippen molar-refractivity contribution < 1.29 is 4.79 Å². The first-order valence-corrected chi connectivity index (χ1v) is 5.09. The highest BCUT2D eigenvalue weighted by molar-refractivity contribution is 5.90. The Morgan fingerprint density at radius 1 is 1.21 bits per heavy atom. The summed E-state index contributed by atoms with van der Waals surface area (Å²) in [6.45, 7) is 0. The second kappa shape index (κ2) is 4.23. The van der Waals surface area contributed by atoms with Crippen molar-refractivity contribution >= 4 is 5.78 Å². The predicted octanol–water partition coefficient (Wildman–Crippen LogP) is 2.76. The van der Waals surface area contributed by atoms with Gasteiger partial charge < -0.3 is 0 Å². The molecule has 1 atom stereocenters. The number of rotatable bonds is 2. The zero-order valence-corrected chi connectivity index (χ0v) is 8.15. The highest BCUT2D eigenvalue weighted by Gasteiger charge is 2.12. The normalized spacial score (nSPS) is 21.1. The molecule has 0 unspecified atom stereocenters. The second-order valence-electron chi connectivity index (χ2n) is 3.81. The van der Waals surface area contributed by atoms with Crippen molar-refractivity contribution in [1.29, 1.82) is 0 Å². The van der Waals surface area contributed by atoms with E-state index in [2.05, 4.69) is 30.3 Å². The Morgan fingerprint density at radius 3 is 2.64 bits per heavy atom. The van der Waals surface area contributed by atoms with E-state index in [9.17, 15) is 4.79 Å². The first kappa shape index (κ1) is 9.20. The van der Waals surface area contributed by atoms with Gasteiger partial charge in [-0.1, -0.05) is 36.4 Å². The van der Waals surface area contributed by atoms with Crippen LogP contribution < -0.4 is 0 Å². The molecule has 14 heavy (non-hydrogen) atoms. The molecule has 0 N–H and O–H groups in total. The maximum Gasteiger partial charge on any atom is 0.155 e. The lowest BCUT2D eigenvalue weighted by Gasteiger charge is -2.15. The van der Waals surface area contributed by atoms with Crippen molar-refractivity contribution in [1.82, 2.24) is 0 Å². The third kappa shape index (κ3) is 2.32. The van der Waals surface area contributed by atoms with Crippen LogP contribution >= 0.6 is 0 Å². The smallest absolute Gasteiger partial charge is 0.155 e. The lowest BCUT2D eigenvalue weighted by molar-refractivity contribution is -0.115. The Kier molecular flexibility index (Phi) is 2.78. The average Bonchev–Trinajstić information content (AvgIpc) is 2.23. The molecule has 0 saturated carbocycles. The van der Waals surface area contributed by atoms with E-state index in [4.69, 9.17) is 0 Å². The molecule has 72 valence electrons. The summed E-state index contributed by atoms with van der Waals surface area (Å²) in [5.74, 6) is 0.824. The first-order chi connectivity index (χ1) is 6.84. The monoisotopic (exact) mass is 186 g/mol. The van der Waals surface area contributed by atoms with Gasteiger partial charge in [-0.3, -0.25) is 4.79 Å². The SMILES string of the molecule is O=C1C=C[C@H](Cc2ccccc2)CC1. The standard InChI is InChI=1S/C13H14O/c14-13-8-6-12(7-9-13)10-11-4-2-1-3-5-11/h1-6,8,12H,7,9-10H2/t12-/m0/s1. The molecule has 0 radical (unpaired) electrons. The summed E-state index contributed by atoms with van der Waals surface area (Å²) >= 11 is 0. The van der Waals surface area contributed by atoms with Gasteiger partial charge in [0.1, 0.15) is 0 Å². The van der Waals surface area contributed by atoms with E-state index in [1.807, 2.05) is 6.07 Å². The van der Waals surface area contributed by atoms with E-state index < -0.39 is 0 Å². The van der Waals surface area contributed by atoms with Gasteiger partial charge in [-0.15, -0.1) is 0 Å². The molecule has 1 aromatic carbocycles. The summed E-state index contributed by atoms with van der Waals surface area (Å²) in [7, 11) is 0. The Morgan fingerprint density at radius 2 is 2.00 bits per heavy atom. The fraction of sp³-hybridized carbons (Fsp3) is 0.308. The largest absolute Gasteiger partial charge is 0.295 e. The molecule has 2 rings (SSSR count). The van der Waals surface area contributed by atoms with Crippen molar-refractivity contribution in [3.63, 3.8) is 0 Å². The Balaban J connectivity index is 1.99. The van der Waals surface area contributed by atoms with Crippen molar-refractivity contribution in [2.75, 3.05) is 0 Å². The van der Waals surface area contributed by atoms with Crippen molar-refractivity contribution in [3.05, 3.63) is 48.0 Å². The maximum atomic E-state index is 11.0. The van der Waals surface area contributed by atoms with E-state index >= 15 is 0 Å². The molecule has 0 amide bonds. The molecule has 0 heterocycles. The molecule has 1 aromatic rings. The molecule has 0 bridgehead atoms. The van der Waals surface area contributed by atoms with Crippen LogP contribution in [-0.4, -0.2) is 5.78 Å². The summed E-state index contributed by atoms with van der Waals surface area (Å²) in [6.07, 6.45) is 6.57. The number of carbonyl (C=O) groups excluding carboxylic acids is 1. The zero-order valence-electron chi connectivity index (χ0n) is 8.15. The van der Waals surface area contributed by atoms with Crippen LogP contribution in [0.4, 0.5) is 0 Å². The lowest BCUT2D eigenvalue weighted by Crippen LogP contribution is -2.09. The molecule has 0 spiro atoms. The van der Waals surface area contributed by atoms with E-state index in [0.29, 0.717) is 12.3 Å². The third-order valence-electron chi connectivity index (χ3n) is 2.66. The van der Waals surface area contributed by atoms with Crippen LogP contribution in [0.3, 0.4) is 0 Å². The third-order valence-corrected chi connectivity index (χ3v) is 2.66. The Bertz CT molecular complexity index is 338. The van der Waals surface area contributed by atoms with Gasteiger partial charge in [0.25, 0.3) is 0 Å². The van der Waals surface area contributed by atoms with Crippen LogP contribution in [0.15, 0.2) is 42.5 Å². The quantitative estimate of drug-likeness (QED) is 0.694. The van der Waals surface area contributed by atoms with Gasteiger partial charge in [0.15, 0.2) is 5.78 Å². The van der Waals surface area contributed by atoms with Crippen LogP contribution in [0.25, 0.3) is 0 Å². The van der Waals surface area contributed by atoms with E-state index in [1.54, 1.807) is 6.08 Å². The summed E-state index contributed by atoms with van der Waals surface area (Å²) in [6, 6.07) is 10.4. The minimum atomic E-state index is 0.273. The fourth-order valence-electron chi connectivity index (χ4n) is 1.84. The molecule has 0 aliphatic heterocycles. The van der Waals surface area contributed by atoms with Crippen LogP contribution in [0.1, 0.15) is 18.4 Å². The van der Waals surface area contributed by atoms with Gasteiger partial charge in [-0.05, 0) is 30.4 Å². The number of benzene rings is 1. The fourth-order valence-corrected chi connectivity index (χ4v) is 1.84. The second-order valence-corrected chi connectivity index (χ2v) is 3.81. The summed E-state index contributed by atoms with van der Waals surface area (Å²) in [4.78, 5) is 11.0. The van der Waals surface area contributed by atoms with Crippen LogP contribution in [0.5, 0.6) is 0 Å². The number of ketones is 1. The Hall–Kier alpha value is -1.37. The minimum absolute atomic E-state index is 0.273. The molecule has 1 heteroatoms. The van der Waals surface area contributed by atoms with Crippen molar-refractivity contribution in [3.8, 4) is 0 Å². The average molecular weight is 186 g/mol. The number of hydrogen-bond acceptors (Lipinski definition) is 1. The van der Waals surface area contributed by atoms with Gasteiger partial charge in [-0.25, -0.2) is 0 Å². The highest BCUT2D eigenvalue weighted by atomic mass is 16.1.